The summed E-state index contributed by atoms with van der Waals surface area (Å²) >= 11 is 1.32. The molecule has 2 aromatic carbocycles. The van der Waals surface area contributed by atoms with Gasteiger partial charge in [0, 0.05) is 17.4 Å². The number of likely N-dealkylation sites (tertiary alicyclic amines) is 1. The van der Waals surface area contributed by atoms with Crippen LogP contribution in [-0.2, 0) is 9.59 Å². The van der Waals surface area contributed by atoms with Crippen molar-refractivity contribution in [2.45, 2.75) is 30.2 Å². The van der Waals surface area contributed by atoms with Crippen LogP contribution in [0.5, 0.6) is 11.5 Å². The van der Waals surface area contributed by atoms with Crippen LogP contribution in [-0.4, -0.2) is 48.8 Å². The van der Waals surface area contributed by atoms with Gasteiger partial charge in [0.2, 0.25) is 11.8 Å². The van der Waals surface area contributed by atoms with Gasteiger partial charge in [0.25, 0.3) is 0 Å². The summed E-state index contributed by atoms with van der Waals surface area (Å²) in [5.74, 6) is 1.28. The smallest absolute Gasteiger partial charge is 0.238 e. The number of amides is 2. The van der Waals surface area contributed by atoms with Gasteiger partial charge in [-0.3, -0.25) is 14.5 Å². The molecule has 0 aliphatic carbocycles. The van der Waals surface area contributed by atoms with Crippen LogP contribution in [0.25, 0.3) is 0 Å². The summed E-state index contributed by atoms with van der Waals surface area (Å²) in [7, 11) is 0. The first-order valence-corrected chi connectivity index (χ1v) is 11.5. The normalized spacial score (nSPS) is 18.4. The van der Waals surface area contributed by atoms with Gasteiger partial charge in [-0.2, -0.15) is 0 Å². The minimum atomic E-state index is -0.388. The zero-order valence-corrected chi connectivity index (χ0v) is 18.2. The highest BCUT2D eigenvalue weighted by molar-refractivity contribution is 8.00. The van der Waals surface area contributed by atoms with Crippen LogP contribution in [0.2, 0.25) is 0 Å². The first-order valence-electron chi connectivity index (χ1n) is 10.5. The molecule has 2 aliphatic heterocycles. The van der Waals surface area contributed by atoms with Crippen LogP contribution < -0.4 is 20.5 Å². The van der Waals surface area contributed by atoms with Crippen molar-refractivity contribution in [3.8, 4) is 11.5 Å². The van der Waals surface area contributed by atoms with E-state index >= 15 is 0 Å². The molecule has 1 atom stereocenters. The standard InChI is InChI=1S/C23H27N3O4S/c24-22(27)15-31-21-7-2-1-5-17(21)25-23(28)14-26-10-3-6-18(26)16-8-9-19-20(13-16)30-12-4-11-29-19/h1-2,5,7-9,13,18H,3-4,6,10-12,14-15H2,(H2,24,27)(H,25,28)/t18-/m1/s1. The molecule has 4 rings (SSSR count). The van der Waals surface area contributed by atoms with Gasteiger partial charge in [-0.05, 0) is 49.2 Å². The Morgan fingerprint density at radius 1 is 1.10 bits per heavy atom. The van der Waals surface area contributed by atoms with E-state index in [4.69, 9.17) is 15.2 Å². The van der Waals surface area contributed by atoms with E-state index in [-0.39, 0.29) is 23.6 Å². The number of anilines is 1. The number of ether oxygens (including phenoxy) is 2. The Morgan fingerprint density at radius 3 is 2.74 bits per heavy atom. The lowest BCUT2D eigenvalue weighted by atomic mass is 10.0. The number of carbonyl (C=O) groups is 2. The zero-order valence-electron chi connectivity index (χ0n) is 17.3. The number of hydrogen-bond donors (Lipinski definition) is 2. The van der Waals surface area contributed by atoms with Crippen molar-refractivity contribution in [1.82, 2.24) is 4.90 Å². The van der Waals surface area contributed by atoms with Crippen molar-refractivity contribution in [3.63, 3.8) is 0 Å². The second kappa shape index (κ2) is 10.1. The quantitative estimate of drug-likeness (QED) is 0.641. The predicted molar refractivity (Wildman–Crippen MR) is 121 cm³/mol. The first-order chi connectivity index (χ1) is 15.1. The average Bonchev–Trinajstić information content (AvgIpc) is 3.08. The van der Waals surface area contributed by atoms with E-state index in [2.05, 4.69) is 22.3 Å². The molecule has 31 heavy (non-hydrogen) atoms. The van der Waals surface area contributed by atoms with E-state index < -0.39 is 0 Å². The molecule has 7 nitrogen and oxygen atoms in total. The molecule has 8 heteroatoms. The molecule has 0 unspecified atom stereocenters. The molecule has 2 amide bonds. The molecule has 1 fully saturated rings. The Bertz CT molecular complexity index is 952. The number of para-hydroxylation sites is 1. The maximum absolute atomic E-state index is 12.8. The molecule has 2 aliphatic rings. The van der Waals surface area contributed by atoms with Crippen molar-refractivity contribution in [2.75, 3.05) is 37.4 Å². The van der Waals surface area contributed by atoms with E-state index in [1.165, 1.54) is 11.8 Å². The number of nitrogens with one attached hydrogen (secondary N) is 1. The third kappa shape index (κ3) is 5.51. The number of thioether (sulfide) groups is 1. The minimum Gasteiger partial charge on any atom is -0.490 e. The highest BCUT2D eigenvalue weighted by Crippen LogP contribution is 2.38. The topological polar surface area (TPSA) is 93.9 Å². The Labute approximate surface area is 186 Å². The third-order valence-corrected chi connectivity index (χ3v) is 6.49. The van der Waals surface area contributed by atoms with Crippen LogP contribution in [0.4, 0.5) is 5.69 Å². The van der Waals surface area contributed by atoms with E-state index in [9.17, 15) is 9.59 Å². The summed E-state index contributed by atoms with van der Waals surface area (Å²) < 4.78 is 11.6. The average molecular weight is 442 g/mol. The number of hydrogen-bond acceptors (Lipinski definition) is 6. The molecule has 2 heterocycles. The molecule has 1 saturated heterocycles. The lowest BCUT2D eigenvalue weighted by Crippen LogP contribution is -2.33. The highest BCUT2D eigenvalue weighted by Gasteiger charge is 2.28. The van der Waals surface area contributed by atoms with Crippen molar-refractivity contribution in [1.29, 1.82) is 0 Å². The summed E-state index contributed by atoms with van der Waals surface area (Å²) in [6.45, 7) is 2.49. The summed E-state index contributed by atoms with van der Waals surface area (Å²) in [5, 5.41) is 2.99. The molecule has 0 spiro atoms. The van der Waals surface area contributed by atoms with Crippen LogP contribution in [0.1, 0.15) is 30.9 Å². The maximum Gasteiger partial charge on any atom is 0.238 e. The largest absolute Gasteiger partial charge is 0.490 e. The Kier molecular flexibility index (Phi) is 6.99. The Hall–Kier alpha value is -2.71. The number of benzene rings is 2. The van der Waals surface area contributed by atoms with Gasteiger partial charge >= 0.3 is 0 Å². The second-order valence-electron chi connectivity index (χ2n) is 7.68. The maximum atomic E-state index is 12.8. The fourth-order valence-electron chi connectivity index (χ4n) is 4.00. The molecule has 2 aromatic rings. The molecule has 0 aromatic heterocycles. The molecule has 3 N–H and O–H groups in total. The number of fused-ring (bicyclic) bond motifs is 1. The number of nitrogens with two attached hydrogens (primary N) is 1. The lowest BCUT2D eigenvalue weighted by molar-refractivity contribution is -0.117. The lowest BCUT2D eigenvalue weighted by Gasteiger charge is -2.25. The van der Waals surface area contributed by atoms with Crippen molar-refractivity contribution in [3.05, 3.63) is 48.0 Å². The van der Waals surface area contributed by atoms with Gasteiger partial charge in [0.15, 0.2) is 11.5 Å². The van der Waals surface area contributed by atoms with Crippen molar-refractivity contribution in [2.24, 2.45) is 5.73 Å². The summed E-state index contributed by atoms with van der Waals surface area (Å²) in [6, 6.07) is 13.7. The fraction of sp³-hybridized carbons (Fsp3) is 0.391. The molecule has 164 valence electrons. The Balaban J connectivity index is 1.42. The highest BCUT2D eigenvalue weighted by atomic mass is 32.2. The van der Waals surface area contributed by atoms with Gasteiger partial charge in [0.1, 0.15) is 0 Å². The molecular weight excluding hydrogens is 414 g/mol. The third-order valence-electron chi connectivity index (χ3n) is 5.40. The van der Waals surface area contributed by atoms with E-state index in [0.717, 1.165) is 47.8 Å². The number of primary amides is 1. The second-order valence-corrected chi connectivity index (χ2v) is 8.70. The van der Waals surface area contributed by atoms with Gasteiger partial charge in [-0.15, -0.1) is 11.8 Å². The minimum absolute atomic E-state index is 0.0756. The van der Waals surface area contributed by atoms with E-state index in [0.29, 0.717) is 25.4 Å². The van der Waals surface area contributed by atoms with Crippen molar-refractivity contribution >= 4 is 29.3 Å². The summed E-state index contributed by atoms with van der Waals surface area (Å²) in [4.78, 5) is 27.0. The number of nitrogens with zero attached hydrogens (tertiary/aromatic N) is 1. The SMILES string of the molecule is NC(=O)CSc1ccccc1NC(=O)CN1CCC[C@@H]1c1ccc2c(c1)OCCCO2. The van der Waals surface area contributed by atoms with Crippen LogP contribution in [0, 0.1) is 0 Å². The van der Waals surface area contributed by atoms with Crippen LogP contribution in [0.15, 0.2) is 47.4 Å². The summed E-state index contributed by atoms with van der Waals surface area (Å²) in [6.07, 6.45) is 2.91. The van der Waals surface area contributed by atoms with Crippen molar-refractivity contribution < 1.29 is 19.1 Å². The number of rotatable bonds is 7. The molecule has 0 saturated carbocycles. The molecule has 0 radical (unpaired) electrons. The first kappa shape index (κ1) is 21.5. The monoisotopic (exact) mass is 441 g/mol. The van der Waals surface area contributed by atoms with Gasteiger partial charge < -0.3 is 20.5 Å². The predicted octanol–water partition coefficient (Wildman–Crippen LogP) is 3.20. The van der Waals surface area contributed by atoms with E-state index in [1.54, 1.807) is 0 Å². The zero-order chi connectivity index (χ0) is 21.6. The molecular formula is C23H27N3O4S. The van der Waals surface area contributed by atoms with Crippen LogP contribution in [0.3, 0.4) is 0 Å². The summed E-state index contributed by atoms with van der Waals surface area (Å²) in [5.41, 5.74) is 7.10. The Morgan fingerprint density at radius 2 is 1.90 bits per heavy atom. The number of carbonyl (C=O) groups excluding carboxylic acids is 2. The van der Waals surface area contributed by atoms with E-state index in [1.807, 2.05) is 30.3 Å². The fourth-order valence-corrected chi connectivity index (χ4v) is 4.75. The molecule has 0 bridgehead atoms. The van der Waals surface area contributed by atoms with Gasteiger partial charge in [0.05, 0.1) is 31.2 Å². The van der Waals surface area contributed by atoms with Crippen LogP contribution >= 0.6 is 11.8 Å². The van der Waals surface area contributed by atoms with Gasteiger partial charge in [-0.1, -0.05) is 18.2 Å². The van der Waals surface area contributed by atoms with Gasteiger partial charge in [-0.25, -0.2) is 0 Å².